The molecule has 3 aromatic rings. The normalized spacial score (nSPS) is 20.2. The predicted molar refractivity (Wildman–Crippen MR) is 137 cm³/mol. The van der Waals surface area contributed by atoms with Crippen molar-refractivity contribution in [2.24, 2.45) is 5.92 Å². The van der Waals surface area contributed by atoms with Crippen molar-refractivity contribution in [2.45, 2.75) is 51.0 Å². The summed E-state index contributed by atoms with van der Waals surface area (Å²) in [5.74, 6) is 0.0494. The number of pyridine rings is 1. The van der Waals surface area contributed by atoms with Crippen LogP contribution in [0.3, 0.4) is 0 Å². The molecule has 0 spiro atoms. The maximum atomic E-state index is 13.4. The number of thiazole rings is 1. The summed E-state index contributed by atoms with van der Waals surface area (Å²) >= 11 is 1.66. The van der Waals surface area contributed by atoms with Gasteiger partial charge in [0.25, 0.3) is 0 Å². The van der Waals surface area contributed by atoms with Crippen molar-refractivity contribution in [2.75, 3.05) is 31.3 Å². The number of piperidine rings is 1. The number of nitrogens with one attached hydrogen (secondary N) is 1. The number of nitrogen functional groups attached to an aromatic ring is 1. The fourth-order valence-electron chi connectivity index (χ4n) is 4.82. The molecule has 3 heterocycles. The second-order valence-corrected chi connectivity index (χ2v) is 10.8. The van der Waals surface area contributed by atoms with E-state index in [1.54, 1.807) is 23.3 Å². The van der Waals surface area contributed by atoms with Crippen molar-refractivity contribution in [1.82, 2.24) is 14.9 Å². The lowest BCUT2D eigenvalue weighted by Gasteiger charge is -2.38. The Kier molecular flexibility index (Phi) is 6.71. The van der Waals surface area contributed by atoms with Crippen LogP contribution in [0.1, 0.15) is 60.7 Å². The molecule has 1 aliphatic carbocycles. The van der Waals surface area contributed by atoms with Crippen molar-refractivity contribution in [3.63, 3.8) is 0 Å². The lowest BCUT2D eigenvalue weighted by molar-refractivity contribution is -0.146. The van der Waals surface area contributed by atoms with E-state index in [-0.39, 0.29) is 6.04 Å². The van der Waals surface area contributed by atoms with E-state index in [1.165, 1.54) is 6.20 Å². The minimum absolute atomic E-state index is 0.162. The molecular weight excluding hydrogens is 462 g/mol. The van der Waals surface area contributed by atoms with Crippen molar-refractivity contribution in [3.8, 4) is 0 Å². The summed E-state index contributed by atoms with van der Waals surface area (Å²) < 4.78 is 6.29. The first kappa shape index (κ1) is 23.7. The third-order valence-corrected chi connectivity index (χ3v) is 7.95. The number of carbonyl (C=O) groups excluding carboxylic acids is 2. The van der Waals surface area contributed by atoms with Gasteiger partial charge in [0.05, 0.1) is 39.8 Å². The zero-order valence-electron chi connectivity index (χ0n) is 20.1. The van der Waals surface area contributed by atoms with Crippen LogP contribution in [0.2, 0.25) is 0 Å². The second kappa shape index (κ2) is 9.91. The van der Waals surface area contributed by atoms with Gasteiger partial charge in [0.1, 0.15) is 5.82 Å². The highest BCUT2D eigenvalue weighted by Gasteiger charge is 2.35. The fourth-order valence-corrected chi connectivity index (χ4v) is 5.74. The number of likely N-dealkylation sites (tertiary alicyclic amines) is 1. The Labute approximate surface area is 208 Å². The number of nitrogens with zero attached hydrogens (tertiary/aromatic N) is 3. The van der Waals surface area contributed by atoms with E-state index >= 15 is 0 Å². The number of rotatable bonds is 6. The summed E-state index contributed by atoms with van der Waals surface area (Å²) in [7, 11) is 1.69. The van der Waals surface area contributed by atoms with Gasteiger partial charge in [0.2, 0.25) is 0 Å². The molecule has 0 bridgehead atoms. The standard InChI is InChI=1S/C26H31N5O3S/c1-15-3-7-21(17-6-8-22-20(11-17)30-23(35-22)9-10-34-2)31(14-15)26(33)25(32)29-18-12-19(16-4-5-16)24(27)28-13-18/h6,8,11-13,15-16,21H,3-5,7,9-10,14H2,1-2H3,(H2,27,28)(H,29,32). The molecule has 2 atom stereocenters. The molecule has 2 aliphatic rings. The molecule has 2 fully saturated rings. The van der Waals surface area contributed by atoms with Crippen LogP contribution in [0, 0.1) is 5.92 Å². The van der Waals surface area contributed by atoms with E-state index in [2.05, 4.69) is 35.4 Å². The first-order valence-corrected chi connectivity index (χ1v) is 13.0. The number of nitrogens with two attached hydrogens (primary N) is 1. The Morgan fingerprint density at radius 2 is 2.06 bits per heavy atom. The number of hydrogen-bond acceptors (Lipinski definition) is 7. The topological polar surface area (TPSA) is 110 Å². The maximum absolute atomic E-state index is 13.4. The molecule has 1 saturated carbocycles. The Bertz CT molecular complexity index is 1260. The number of hydrogen-bond donors (Lipinski definition) is 2. The summed E-state index contributed by atoms with van der Waals surface area (Å²) in [6.45, 7) is 3.29. The van der Waals surface area contributed by atoms with E-state index in [4.69, 9.17) is 15.5 Å². The molecule has 2 aromatic heterocycles. The SMILES string of the molecule is COCCc1nc2cc(C3CCC(C)CN3C(=O)C(=O)Nc3cnc(N)c(C4CC4)c3)ccc2s1. The van der Waals surface area contributed by atoms with Gasteiger partial charge in [-0.3, -0.25) is 9.59 Å². The minimum atomic E-state index is -0.644. The first-order chi connectivity index (χ1) is 16.9. The van der Waals surface area contributed by atoms with Gasteiger partial charge in [0, 0.05) is 20.1 Å². The van der Waals surface area contributed by atoms with Gasteiger partial charge in [-0.1, -0.05) is 13.0 Å². The average molecular weight is 494 g/mol. The van der Waals surface area contributed by atoms with Crippen molar-refractivity contribution in [3.05, 3.63) is 46.6 Å². The molecule has 184 valence electrons. The Morgan fingerprint density at radius 3 is 2.83 bits per heavy atom. The van der Waals surface area contributed by atoms with Gasteiger partial charge in [-0.05, 0) is 66.8 Å². The number of ether oxygens (including phenoxy) is 1. The number of aromatic nitrogens is 2. The van der Waals surface area contributed by atoms with Gasteiger partial charge in [0.15, 0.2) is 0 Å². The Morgan fingerprint density at radius 1 is 1.23 bits per heavy atom. The highest BCUT2D eigenvalue weighted by molar-refractivity contribution is 7.18. The molecule has 0 radical (unpaired) electrons. The van der Waals surface area contributed by atoms with Crippen LogP contribution in [0.5, 0.6) is 0 Å². The van der Waals surface area contributed by atoms with Crippen LogP contribution < -0.4 is 11.1 Å². The number of fused-ring (bicyclic) bond motifs is 1. The maximum Gasteiger partial charge on any atom is 0.313 e. The number of benzene rings is 1. The lowest BCUT2D eigenvalue weighted by Crippen LogP contribution is -2.46. The first-order valence-electron chi connectivity index (χ1n) is 12.2. The van der Waals surface area contributed by atoms with Crippen LogP contribution in [0.15, 0.2) is 30.5 Å². The molecule has 1 aromatic carbocycles. The summed E-state index contributed by atoms with van der Waals surface area (Å²) in [5.41, 5.74) is 9.38. The van der Waals surface area contributed by atoms with Crippen molar-refractivity contribution in [1.29, 1.82) is 0 Å². The molecule has 2 amide bonds. The molecule has 2 unspecified atom stereocenters. The van der Waals surface area contributed by atoms with Crippen LogP contribution in [0.25, 0.3) is 10.2 Å². The monoisotopic (exact) mass is 493 g/mol. The molecule has 1 saturated heterocycles. The zero-order valence-corrected chi connectivity index (χ0v) is 20.9. The summed E-state index contributed by atoms with van der Waals surface area (Å²) in [5, 5.41) is 3.79. The van der Waals surface area contributed by atoms with Gasteiger partial charge >= 0.3 is 11.8 Å². The van der Waals surface area contributed by atoms with E-state index < -0.39 is 11.8 Å². The molecule has 3 N–H and O–H groups in total. The van der Waals surface area contributed by atoms with Crippen LogP contribution in [0.4, 0.5) is 11.5 Å². The number of anilines is 2. The average Bonchev–Trinajstić information content (AvgIpc) is 3.62. The van der Waals surface area contributed by atoms with E-state index in [0.29, 0.717) is 36.5 Å². The van der Waals surface area contributed by atoms with Crippen LogP contribution in [-0.4, -0.2) is 46.9 Å². The predicted octanol–water partition coefficient (Wildman–Crippen LogP) is 4.28. The van der Waals surface area contributed by atoms with Gasteiger partial charge < -0.3 is 20.7 Å². The molecular formula is C26H31N5O3S. The van der Waals surface area contributed by atoms with Crippen molar-refractivity contribution >= 4 is 44.9 Å². The van der Waals surface area contributed by atoms with Gasteiger partial charge in [-0.15, -0.1) is 11.3 Å². The highest BCUT2D eigenvalue weighted by Crippen LogP contribution is 2.43. The molecule has 8 nitrogen and oxygen atoms in total. The quantitative estimate of drug-likeness (QED) is 0.496. The van der Waals surface area contributed by atoms with Gasteiger partial charge in [-0.2, -0.15) is 0 Å². The second-order valence-electron chi connectivity index (χ2n) is 9.66. The van der Waals surface area contributed by atoms with Gasteiger partial charge in [-0.25, -0.2) is 9.97 Å². The molecule has 1 aliphatic heterocycles. The van der Waals surface area contributed by atoms with E-state index in [0.717, 1.165) is 58.5 Å². The van der Waals surface area contributed by atoms with Crippen LogP contribution >= 0.6 is 11.3 Å². The lowest BCUT2D eigenvalue weighted by atomic mass is 9.89. The summed E-state index contributed by atoms with van der Waals surface area (Å²) in [4.78, 5) is 37.1. The van der Waals surface area contributed by atoms with Crippen molar-refractivity contribution < 1.29 is 14.3 Å². The number of amides is 2. The molecule has 35 heavy (non-hydrogen) atoms. The van der Waals surface area contributed by atoms with E-state index in [1.807, 2.05) is 6.07 Å². The molecule has 5 rings (SSSR count). The largest absolute Gasteiger partial charge is 0.384 e. The summed E-state index contributed by atoms with van der Waals surface area (Å²) in [6, 6.07) is 7.87. The van der Waals surface area contributed by atoms with Crippen LogP contribution in [-0.2, 0) is 20.7 Å². The Balaban J connectivity index is 1.35. The minimum Gasteiger partial charge on any atom is -0.384 e. The third kappa shape index (κ3) is 5.16. The number of methoxy groups -OCH3 is 1. The van der Waals surface area contributed by atoms with E-state index in [9.17, 15) is 9.59 Å². The smallest absolute Gasteiger partial charge is 0.313 e. The number of carbonyl (C=O) groups is 2. The molecule has 9 heteroatoms. The third-order valence-electron chi connectivity index (χ3n) is 6.86. The zero-order chi connectivity index (χ0) is 24.5. The highest BCUT2D eigenvalue weighted by atomic mass is 32.1. The summed E-state index contributed by atoms with van der Waals surface area (Å²) in [6.07, 6.45) is 6.25. The Hall–Kier alpha value is -3.04. The fraction of sp³-hybridized carbons (Fsp3) is 0.462.